The van der Waals surface area contributed by atoms with Crippen LogP contribution in [0, 0.1) is 0 Å². The van der Waals surface area contributed by atoms with Crippen molar-refractivity contribution in [3.05, 3.63) is 28.4 Å². The van der Waals surface area contributed by atoms with Gasteiger partial charge in [0.05, 0.1) is 10.0 Å². The number of nitrogens with zero attached hydrogens (tertiary/aromatic N) is 2. The van der Waals surface area contributed by atoms with Gasteiger partial charge < -0.3 is 5.32 Å². The number of nitrogens with one attached hydrogen (secondary N) is 1. The van der Waals surface area contributed by atoms with Gasteiger partial charge in [0, 0.05) is 30.2 Å². The van der Waals surface area contributed by atoms with Crippen LogP contribution in [-0.2, 0) is 13.6 Å². The molecule has 2 aromatic heterocycles. The zero-order valence-corrected chi connectivity index (χ0v) is 10.2. The van der Waals surface area contributed by atoms with E-state index >= 15 is 0 Å². The lowest BCUT2D eigenvalue weighted by molar-refractivity contribution is 0.712. The normalized spacial score (nSPS) is 10.9. The number of aryl methyl sites for hydroxylation is 1. The topological polar surface area (TPSA) is 29.9 Å². The molecule has 0 bridgehead atoms. The van der Waals surface area contributed by atoms with E-state index in [1.54, 1.807) is 11.3 Å². The van der Waals surface area contributed by atoms with Gasteiger partial charge in [-0.05, 0) is 19.2 Å². The monoisotopic (exact) mass is 241 g/mol. The van der Waals surface area contributed by atoms with Gasteiger partial charge in [0.25, 0.3) is 0 Å². The zero-order valence-electron chi connectivity index (χ0n) is 8.62. The molecule has 1 N–H and O–H groups in total. The second-order valence-corrected chi connectivity index (χ2v) is 5.01. The molecule has 2 rings (SSSR count). The predicted molar refractivity (Wildman–Crippen MR) is 64.3 cm³/mol. The number of hydrogen-bond acceptors (Lipinski definition) is 3. The lowest BCUT2D eigenvalue weighted by Gasteiger charge is -1.97. The van der Waals surface area contributed by atoms with Gasteiger partial charge in [-0.2, -0.15) is 5.10 Å². The van der Waals surface area contributed by atoms with Crippen molar-refractivity contribution in [3.8, 4) is 10.4 Å². The van der Waals surface area contributed by atoms with Crippen molar-refractivity contribution in [2.24, 2.45) is 7.05 Å². The van der Waals surface area contributed by atoms with Crippen LogP contribution in [0.3, 0.4) is 0 Å². The van der Waals surface area contributed by atoms with Crippen LogP contribution in [-0.4, -0.2) is 16.8 Å². The minimum atomic E-state index is 0.770. The third-order valence-electron chi connectivity index (χ3n) is 2.09. The maximum atomic E-state index is 5.92. The summed E-state index contributed by atoms with van der Waals surface area (Å²) < 4.78 is 2.64. The fourth-order valence-corrected chi connectivity index (χ4v) is 2.57. The van der Waals surface area contributed by atoms with Gasteiger partial charge in [-0.1, -0.05) is 11.6 Å². The van der Waals surface area contributed by atoms with Crippen LogP contribution < -0.4 is 5.32 Å². The summed E-state index contributed by atoms with van der Waals surface area (Å²) in [6, 6.07) is 3.95. The summed E-state index contributed by atoms with van der Waals surface area (Å²) in [7, 11) is 3.84. The van der Waals surface area contributed by atoms with Gasteiger partial charge in [0.2, 0.25) is 0 Å². The summed E-state index contributed by atoms with van der Waals surface area (Å²) in [6.07, 6.45) is 2.02. The molecule has 0 amide bonds. The summed E-state index contributed by atoms with van der Waals surface area (Å²) in [5.41, 5.74) is 2.21. The van der Waals surface area contributed by atoms with Crippen molar-refractivity contribution < 1.29 is 0 Å². The second kappa shape index (κ2) is 4.35. The van der Waals surface area contributed by atoms with E-state index in [1.165, 1.54) is 4.88 Å². The molecule has 5 heteroatoms. The van der Waals surface area contributed by atoms with Crippen molar-refractivity contribution in [2.75, 3.05) is 7.05 Å². The lowest BCUT2D eigenvalue weighted by atomic mass is 10.2. The van der Waals surface area contributed by atoms with Crippen LogP contribution in [0.25, 0.3) is 10.4 Å². The highest BCUT2D eigenvalue weighted by Gasteiger charge is 2.10. The maximum absolute atomic E-state index is 5.92. The van der Waals surface area contributed by atoms with Crippen LogP contribution in [0.2, 0.25) is 4.34 Å². The second-order valence-electron chi connectivity index (χ2n) is 3.30. The van der Waals surface area contributed by atoms with Gasteiger partial charge in [-0.15, -0.1) is 11.3 Å². The number of thiophene rings is 1. The molecule has 2 aromatic rings. The Balaban J connectivity index is 2.42. The molecule has 80 valence electrons. The molecule has 2 heterocycles. The van der Waals surface area contributed by atoms with Crippen molar-refractivity contribution in [2.45, 2.75) is 6.54 Å². The SMILES string of the molecule is CNCc1nn(C)cc1-c1ccc(Cl)s1. The number of rotatable bonds is 3. The Morgan fingerprint density at radius 3 is 2.93 bits per heavy atom. The Bertz CT molecular complexity index is 461. The molecule has 15 heavy (non-hydrogen) atoms. The van der Waals surface area contributed by atoms with Gasteiger partial charge in [0.1, 0.15) is 0 Å². The van der Waals surface area contributed by atoms with Crippen LogP contribution in [0.4, 0.5) is 0 Å². The first kappa shape index (κ1) is 10.7. The van der Waals surface area contributed by atoms with E-state index in [1.807, 2.05) is 37.1 Å². The number of halogens is 1. The first-order chi connectivity index (χ1) is 7.20. The van der Waals surface area contributed by atoms with E-state index in [0.717, 1.165) is 22.1 Å². The van der Waals surface area contributed by atoms with E-state index in [-0.39, 0.29) is 0 Å². The van der Waals surface area contributed by atoms with Gasteiger partial charge in [-0.3, -0.25) is 4.68 Å². The maximum Gasteiger partial charge on any atom is 0.0934 e. The Labute approximate surface area is 97.7 Å². The van der Waals surface area contributed by atoms with Crippen LogP contribution >= 0.6 is 22.9 Å². The van der Waals surface area contributed by atoms with Gasteiger partial charge >= 0.3 is 0 Å². The molecule has 0 unspecified atom stereocenters. The molecule has 0 atom stereocenters. The fraction of sp³-hybridized carbons (Fsp3) is 0.300. The Morgan fingerprint density at radius 2 is 2.33 bits per heavy atom. The lowest BCUT2D eigenvalue weighted by Crippen LogP contribution is -2.06. The highest BCUT2D eigenvalue weighted by molar-refractivity contribution is 7.19. The summed E-state index contributed by atoms with van der Waals surface area (Å²) in [5.74, 6) is 0. The molecule has 0 saturated heterocycles. The summed E-state index contributed by atoms with van der Waals surface area (Å²) in [5, 5.41) is 7.51. The van der Waals surface area contributed by atoms with E-state index in [4.69, 9.17) is 11.6 Å². The van der Waals surface area contributed by atoms with E-state index in [0.29, 0.717) is 0 Å². The molecule has 0 saturated carbocycles. The molecule has 0 aliphatic carbocycles. The first-order valence-corrected chi connectivity index (χ1v) is 5.83. The minimum Gasteiger partial charge on any atom is -0.314 e. The predicted octanol–water partition coefficient (Wildman–Crippen LogP) is 2.52. The van der Waals surface area contributed by atoms with Crippen LogP contribution in [0.1, 0.15) is 5.69 Å². The highest BCUT2D eigenvalue weighted by atomic mass is 35.5. The number of hydrogen-bond donors (Lipinski definition) is 1. The standard InChI is InChI=1S/C10H12ClN3S/c1-12-5-8-7(6-14(2)13-8)9-3-4-10(11)15-9/h3-4,6,12H,5H2,1-2H3. The smallest absolute Gasteiger partial charge is 0.0934 e. The zero-order chi connectivity index (χ0) is 10.8. The highest BCUT2D eigenvalue weighted by Crippen LogP contribution is 2.32. The molecule has 3 nitrogen and oxygen atoms in total. The van der Waals surface area contributed by atoms with E-state index in [2.05, 4.69) is 10.4 Å². The third kappa shape index (κ3) is 2.22. The van der Waals surface area contributed by atoms with Crippen molar-refractivity contribution in [3.63, 3.8) is 0 Å². The van der Waals surface area contributed by atoms with Gasteiger partial charge in [0.15, 0.2) is 0 Å². The third-order valence-corrected chi connectivity index (χ3v) is 3.35. The van der Waals surface area contributed by atoms with Gasteiger partial charge in [-0.25, -0.2) is 0 Å². The van der Waals surface area contributed by atoms with Crippen LogP contribution in [0.15, 0.2) is 18.3 Å². The molecule has 0 spiro atoms. The summed E-state index contributed by atoms with van der Waals surface area (Å²) in [6.45, 7) is 0.770. The minimum absolute atomic E-state index is 0.770. The number of aromatic nitrogens is 2. The average Bonchev–Trinajstić information content (AvgIpc) is 2.73. The largest absolute Gasteiger partial charge is 0.314 e. The quantitative estimate of drug-likeness (QED) is 0.895. The first-order valence-electron chi connectivity index (χ1n) is 4.63. The molecule has 0 fully saturated rings. The molecule has 0 aromatic carbocycles. The fourth-order valence-electron chi connectivity index (χ4n) is 1.50. The van der Waals surface area contributed by atoms with Crippen molar-refractivity contribution >= 4 is 22.9 Å². The summed E-state index contributed by atoms with van der Waals surface area (Å²) >= 11 is 7.50. The molecule has 0 aliphatic heterocycles. The molecular formula is C10H12ClN3S. The molecular weight excluding hydrogens is 230 g/mol. The van der Waals surface area contributed by atoms with Crippen molar-refractivity contribution in [1.29, 1.82) is 0 Å². The average molecular weight is 242 g/mol. The Hall–Kier alpha value is -0.840. The molecule has 0 radical (unpaired) electrons. The summed E-state index contributed by atoms with van der Waals surface area (Å²) in [4.78, 5) is 1.17. The van der Waals surface area contributed by atoms with E-state index < -0.39 is 0 Å². The molecule has 0 aliphatic rings. The Morgan fingerprint density at radius 1 is 1.53 bits per heavy atom. The van der Waals surface area contributed by atoms with E-state index in [9.17, 15) is 0 Å². The van der Waals surface area contributed by atoms with Crippen LogP contribution in [0.5, 0.6) is 0 Å². The van der Waals surface area contributed by atoms with Crippen molar-refractivity contribution in [1.82, 2.24) is 15.1 Å². The Kier molecular flexibility index (Phi) is 3.09.